The largest absolute Gasteiger partial charge is 0.510 e. The molecule has 0 heterocycles. The number of nitrogens with zero attached hydrogens (tertiary/aromatic N) is 2. The zero-order valence-electron chi connectivity index (χ0n) is 23.2. The minimum atomic E-state index is -2.67. The van der Waals surface area contributed by atoms with Crippen molar-refractivity contribution in [3.63, 3.8) is 0 Å². The van der Waals surface area contributed by atoms with Crippen LogP contribution in [-0.4, -0.2) is 75.1 Å². The van der Waals surface area contributed by atoms with E-state index < -0.39 is 58.0 Å². The van der Waals surface area contributed by atoms with Crippen molar-refractivity contribution in [3.05, 3.63) is 75.8 Å². The molecule has 0 radical (unpaired) electrons. The van der Waals surface area contributed by atoms with E-state index in [1.807, 2.05) is 24.3 Å². The fraction of sp³-hybridized carbons (Fsp3) is 0.355. The van der Waals surface area contributed by atoms with Gasteiger partial charge in [-0.15, -0.1) is 0 Å². The number of ketones is 2. The van der Waals surface area contributed by atoms with Crippen LogP contribution >= 0.6 is 0 Å². The Balaban J connectivity index is 1.58. The number of carbonyl (C=O) groups excluding carboxylic acids is 3. The van der Waals surface area contributed by atoms with Crippen LogP contribution in [0, 0.1) is 23.2 Å². The van der Waals surface area contributed by atoms with Gasteiger partial charge in [-0.25, -0.2) is 0 Å². The van der Waals surface area contributed by atoms with E-state index in [1.165, 1.54) is 11.0 Å². The van der Waals surface area contributed by atoms with E-state index in [1.54, 1.807) is 20.2 Å². The van der Waals surface area contributed by atoms with Crippen molar-refractivity contribution in [1.29, 1.82) is 5.26 Å². The molecule has 2 aromatic carbocycles. The molecule has 0 saturated carbocycles. The van der Waals surface area contributed by atoms with Crippen LogP contribution < -0.4 is 11.1 Å². The van der Waals surface area contributed by atoms with E-state index in [0.717, 1.165) is 11.1 Å². The molecule has 0 spiro atoms. The van der Waals surface area contributed by atoms with Gasteiger partial charge in [-0.3, -0.25) is 19.3 Å². The summed E-state index contributed by atoms with van der Waals surface area (Å²) >= 11 is 0. The summed E-state index contributed by atoms with van der Waals surface area (Å²) in [7, 11) is 3.18. The van der Waals surface area contributed by atoms with Crippen molar-refractivity contribution >= 4 is 17.5 Å². The summed E-state index contributed by atoms with van der Waals surface area (Å²) in [6.45, 7) is 1.15. The number of nitrogens with one attached hydrogen (secondary N) is 1. The van der Waals surface area contributed by atoms with Gasteiger partial charge >= 0.3 is 0 Å². The maximum atomic E-state index is 13.9. The summed E-state index contributed by atoms with van der Waals surface area (Å²) in [4.78, 5) is 41.0. The third kappa shape index (κ3) is 4.36. The molecule has 0 aliphatic heterocycles. The molecule has 3 aliphatic carbocycles. The number of phenolic OH excluding ortho intramolecular Hbond substituents is 1. The number of amides is 1. The number of fused-ring (bicyclic) bond motifs is 3. The molecule has 5 rings (SSSR count). The standard InChI is InChI=1S/C31H32N4O7/c1-35(2)25-20-13-17-12-19-18(16-6-4-15(5-7-16)14-34-11-3-10-32)8-9-21(36)23(19)26(37)22(17)28(39)31(20,42)29(40)24(27(25)38)30(33)41/h4-9,17,20,25,34,36,38-39,42H,3,11-14H2,1-2H3,(H2,33,41). The maximum Gasteiger partial charge on any atom is 0.255 e. The molecule has 42 heavy (non-hydrogen) atoms. The van der Waals surface area contributed by atoms with Crippen molar-refractivity contribution in [2.75, 3.05) is 20.6 Å². The van der Waals surface area contributed by atoms with Gasteiger partial charge in [0.15, 0.2) is 11.4 Å². The smallest absolute Gasteiger partial charge is 0.255 e. The Labute approximate surface area is 242 Å². The van der Waals surface area contributed by atoms with Crippen LogP contribution in [-0.2, 0) is 22.6 Å². The fourth-order valence-electron chi connectivity index (χ4n) is 6.70. The topological polar surface area (TPSA) is 197 Å². The van der Waals surface area contributed by atoms with Gasteiger partial charge in [-0.2, -0.15) is 5.26 Å². The summed E-state index contributed by atoms with van der Waals surface area (Å²) < 4.78 is 0. The van der Waals surface area contributed by atoms with Crippen molar-refractivity contribution in [3.8, 4) is 22.9 Å². The molecule has 0 saturated heterocycles. The molecule has 11 heteroatoms. The molecule has 4 unspecified atom stereocenters. The van der Waals surface area contributed by atoms with Crippen molar-refractivity contribution in [1.82, 2.24) is 10.2 Å². The molecular formula is C31H32N4O7. The number of rotatable bonds is 7. The molecule has 0 aromatic heterocycles. The number of nitriles is 1. The first kappa shape index (κ1) is 29.0. The number of aliphatic hydroxyl groups is 3. The zero-order valence-corrected chi connectivity index (χ0v) is 23.2. The number of allylic oxidation sites excluding steroid dienone is 1. The molecular weight excluding hydrogens is 540 g/mol. The summed E-state index contributed by atoms with van der Waals surface area (Å²) in [5.74, 6) is -6.79. The van der Waals surface area contributed by atoms with Crippen LogP contribution in [0.2, 0.25) is 0 Å². The van der Waals surface area contributed by atoms with Crippen LogP contribution in [0.4, 0.5) is 0 Å². The Kier molecular flexibility index (Phi) is 7.41. The lowest BCUT2D eigenvalue weighted by Gasteiger charge is -2.50. The first-order chi connectivity index (χ1) is 19.9. The zero-order chi connectivity index (χ0) is 30.5. The van der Waals surface area contributed by atoms with Crippen molar-refractivity contribution in [2.45, 2.75) is 37.5 Å². The first-order valence-electron chi connectivity index (χ1n) is 13.6. The number of Topliss-reactive ketones (excluding diaryl/α,β-unsaturated/α-hetero) is 2. The number of aliphatic hydroxyl groups excluding tert-OH is 2. The molecule has 0 bridgehead atoms. The number of likely N-dealkylation sites (N-methyl/N-ethyl adjacent to an activating group) is 1. The normalized spacial score (nSPS) is 25.2. The van der Waals surface area contributed by atoms with E-state index in [4.69, 9.17) is 11.0 Å². The number of primary amides is 1. The van der Waals surface area contributed by atoms with Crippen LogP contribution in [0.1, 0.15) is 34.3 Å². The molecule has 0 fully saturated rings. The van der Waals surface area contributed by atoms with E-state index in [2.05, 4.69) is 11.4 Å². The van der Waals surface area contributed by atoms with Gasteiger partial charge in [-0.1, -0.05) is 30.3 Å². The average Bonchev–Trinajstić information content (AvgIpc) is 2.93. The first-order valence-corrected chi connectivity index (χ1v) is 13.6. The highest BCUT2D eigenvalue weighted by molar-refractivity contribution is 6.24. The Bertz CT molecular complexity index is 1600. The molecule has 2 aromatic rings. The van der Waals surface area contributed by atoms with E-state index in [0.29, 0.717) is 30.6 Å². The lowest BCUT2D eigenvalue weighted by molar-refractivity contribution is -0.148. The van der Waals surface area contributed by atoms with Gasteiger partial charge in [0.1, 0.15) is 22.8 Å². The number of hydrogen-bond acceptors (Lipinski definition) is 10. The lowest BCUT2D eigenvalue weighted by Crippen LogP contribution is -2.63. The summed E-state index contributed by atoms with van der Waals surface area (Å²) in [6, 6.07) is 11.8. The van der Waals surface area contributed by atoms with Gasteiger partial charge in [-0.05, 0) is 61.2 Å². The van der Waals surface area contributed by atoms with Crippen LogP contribution in [0.3, 0.4) is 0 Å². The third-order valence-corrected chi connectivity index (χ3v) is 8.61. The Hall–Kier alpha value is -4.50. The number of carbonyl (C=O) groups is 3. The highest BCUT2D eigenvalue weighted by atomic mass is 16.3. The lowest BCUT2D eigenvalue weighted by atomic mass is 9.58. The van der Waals surface area contributed by atoms with Crippen LogP contribution in [0.15, 0.2) is 59.1 Å². The second-order valence-corrected chi connectivity index (χ2v) is 11.2. The molecule has 218 valence electrons. The van der Waals surface area contributed by atoms with Crippen molar-refractivity contribution < 1.29 is 34.8 Å². The molecule has 11 nitrogen and oxygen atoms in total. The van der Waals surface area contributed by atoms with Gasteiger partial charge in [0.05, 0.1) is 17.7 Å². The summed E-state index contributed by atoms with van der Waals surface area (Å²) in [5.41, 5.74) is 4.72. The molecule has 7 N–H and O–H groups in total. The number of benzene rings is 2. The molecule has 1 amide bonds. The predicted molar refractivity (Wildman–Crippen MR) is 151 cm³/mol. The van der Waals surface area contributed by atoms with Crippen LogP contribution in [0.25, 0.3) is 11.1 Å². The summed E-state index contributed by atoms with van der Waals surface area (Å²) in [5, 5.41) is 56.7. The third-order valence-electron chi connectivity index (χ3n) is 8.61. The van der Waals surface area contributed by atoms with E-state index in [9.17, 15) is 34.8 Å². The Morgan fingerprint density at radius 3 is 2.45 bits per heavy atom. The van der Waals surface area contributed by atoms with Gasteiger partial charge < -0.3 is 31.5 Å². The van der Waals surface area contributed by atoms with Crippen molar-refractivity contribution in [2.24, 2.45) is 17.6 Å². The number of phenols is 1. The van der Waals surface area contributed by atoms with E-state index >= 15 is 0 Å². The van der Waals surface area contributed by atoms with Gasteiger partial charge in [0.2, 0.25) is 5.78 Å². The highest BCUT2D eigenvalue weighted by Crippen LogP contribution is 2.53. The van der Waals surface area contributed by atoms with E-state index in [-0.39, 0.29) is 29.7 Å². The average molecular weight is 573 g/mol. The Morgan fingerprint density at radius 2 is 1.83 bits per heavy atom. The minimum absolute atomic E-state index is 0.0220. The number of aromatic hydroxyl groups is 1. The minimum Gasteiger partial charge on any atom is -0.510 e. The molecule has 3 aliphatic rings. The Morgan fingerprint density at radius 1 is 1.14 bits per heavy atom. The second kappa shape index (κ2) is 10.7. The van der Waals surface area contributed by atoms with Gasteiger partial charge in [0.25, 0.3) is 5.91 Å². The summed E-state index contributed by atoms with van der Waals surface area (Å²) in [6.07, 6.45) is 0.632. The van der Waals surface area contributed by atoms with Crippen LogP contribution in [0.5, 0.6) is 5.75 Å². The monoisotopic (exact) mass is 572 g/mol. The highest BCUT2D eigenvalue weighted by Gasteiger charge is 2.63. The molecule has 4 atom stereocenters. The fourth-order valence-corrected chi connectivity index (χ4v) is 6.70. The SMILES string of the molecule is CN(C)C1C(O)=C(C(N)=O)C(=O)C2(O)C(O)=C3C(=O)c4c(O)ccc(-c5ccc(CNCCC#N)cc5)c4CC3CC12. The quantitative estimate of drug-likeness (QED) is 0.210. The predicted octanol–water partition coefficient (Wildman–Crippen LogP) is 1.79. The van der Waals surface area contributed by atoms with Gasteiger partial charge in [0, 0.05) is 31.0 Å². The number of nitrogens with two attached hydrogens (primary N) is 1. The second-order valence-electron chi connectivity index (χ2n) is 11.2. The number of hydrogen-bond donors (Lipinski definition) is 6. The maximum absolute atomic E-state index is 13.9.